The fourth-order valence-corrected chi connectivity index (χ4v) is 2.07. The summed E-state index contributed by atoms with van der Waals surface area (Å²) in [5.74, 6) is -0.220. The first-order chi connectivity index (χ1) is 7.34. The van der Waals surface area contributed by atoms with E-state index in [4.69, 9.17) is 5.11 Å². The van der Waals surface area contributed by atoms with Crippen molar-refractivity contribution in [1.29, 1.82) is 0 Å². The van der Waals surface area contributed by atoms with Crippen molar-refractivity contribution in [1.82, 2.24) is 5.32 Å². The lowest BCUT2D eigenvalue weighted by molar-refractivity contribution is -0.153. The molecule has 0 aromatic heterocycles. The molecule has 0 saturated heterocycles. The van der Waals surface area contributed by atoms with Gasteiger partial charge in [-0.3, -0.25) is 9.59 Å². The number of nitrogens with one attached hydrogen (secondary N) is 1. The van der Waals surface area contributed by atoms with Crippen LogP contribution in [0.15, 0.2) is 0 Å². The molecule has 1 amide bonds. The average Bonchev–Trinajstić information content (AvgIpc) is 2.60. The molecule has 0 bridgehead atoms. The van der Waals surface area contributed by atoms with Crippen molar-refractivity contribution in [2.75, 3.05) is 6.54 Å². The molecule has 0 radical (unpaired) electrons. The molecular formula is C12H21NO3. The molecule has 0 aliphatic heterocycles. The number of carbonyl (C=O) groups excluding carboxylic acids is 1. The Labute approximate surface area is 96.4 Å². The molecule has 0 aromatic rings. The summed E-state index contributed by atoms with van der Waals surface area (Å²) in [7, 11) is 0. The maximum Gasteiger partial charge on any atom is 0.318 e. The topological polar surface area (TPSA) is 66.4 Å². The second-order valence-electron chi connectivity index (χ2n) is 5.42. The fraction of sp³-hybridized carbons (Fsp3) is 0.833. The minimum atomic E-state index is -1.33. The monoisotopic (exact) mass is 227 g/mol. The molecule has 2 atom stereocenters. The van der Waals surface area contributed by atoms with Crippen molar-refractivity contribution in [2.24, 2.45) is 17.3 Å². The van der Waals surface area contributed by atoms with E-state index in [0.29, 0.717) is 12.5 Å². The van der Waals surface area contributed by atoms with Crippen LogP contribution in [0.4, 0.5) is 0 Å². The van der Waals surface area contributed by atoms with Crippen molar-refractivity contribution < 1.29 is 14.7 Å². The number of hydrogen-bond donors (Lipinski definition) is 2. The van der Waals surface area contributed by atoms with E-state index in [0.717, 1.165) is 18.8 Å². The highest BCUT2D eigenvalue weighted by Crippen LogP contribution is 2.29. The molecule has 2 N–H and O–H groups in total. The van der Waals surface area contributed by atoms with Gasteiger partial charge in [-0.15, -0.1) is 0 Å². The van der Waals surface area contributed by atoms with Gasteiger partial charge >= 0.3 is 5.97 Å². The van der Waals surface area contributed by atoms with E-state index in [1.54, 1.807) is 0 Å². The van der Waals surface area contributed by atoms with Gasteiger partial charge in [-0.25, -0.2) is 0 Å². The normalized spacial score (nSPS) is 25.4. The van der Waals surface area contributed by atoms with Gasteiger partial charge in [0.25, 0.3) is 0 Å². The van der Waals surface area contributed by atoms with Crippen molar-refractivity contribution in [3.63, 3.8) is 0 Å². The summed E-state index contributed by atoms with van der Waals surface area (Å²) in [6.45, 7) is 5.69. The fourth-order valence-electron chi connectivity index (χ4n) is 2.07. The predicted molar refractivity (Wildman–Crippen MR) is 60.9 cm³/mol. The number of aliphatic carboxylic acids is 1. The van der Waals surface area contributed by atoms with E-state index in [1.807, 2.05) is 0 Å². The Morgan fingerprint density at radius 1 is 1.38 bits per heavy atom. The maximum atomic E-state index is 11.7. The van der Waals surface area contributed by atoms with Gasteiger partial charge in [0.2, 0.25) is 5.91 Å². The average molecular weight is 227 g/mol. The van der Waals surface area contributed by atoms with E-state index in [-0.39, 0.29) is 5.91 Å². The molecule has 1 saturated carbocycles. The molecule has 1 fully saturated rings. The Bertz CT molecular complexity index is 286. The van der Waals surface area contributed by atoms with Crippen molar-refractivity contribution >= 4 is 11.9 Å². The number of rotatable bonds is 4. The van der Waals surface area contributed by atoms with Crippen LogP contribution >= 0.6 is 0 Å². The predicted octanol–water partition coefficient (Wildman–Crippen LogP) is 1.65. The van der Waals surface area contributed by atoms with Crippen LogP contribution in [0, 0.1) is 17.3 Å². The number of carbonyl (C=O) groups is 2. The van der Waals surface area contributed by atoms with E-state index in [1.165, 1.54) is 20.3 Å². The SMILES string of the molecule is CC1CCC(CNC(=O)C(C)(C)C(=O)O)C1. The molecule has 0 aromatic carbocycles. The minimum Gasteiger partial charge on any atom is -0.480 e. The van der Waals surface area contributed by atoms with Crippen LogP contribution in [0.2, 0.25) is 0 Å². The molecule has 0 spiro atoms. The van der Waals surface area contributed by atoms with Gasteiger partial charge in [-0.1, -0.05) is 13.3 Å². The third-order valence-electron chi connectivity index (χ3n) is 3.46. The second kappa shape index (κ2) is 4.85. The van der Waals surface area contributed by atoms with Gasteiger partial charge in [-0.2, -0.15) is 0 Å². The Balaban J connectivity index is 2.38. The molecule has 16 heavy (non-hydrogen) atoms. The summed E-state index contributed by atoms with van der Waals surface area (Å²) in [5.41, 5.74) is -1.33. The molecule has 2 unspecified atom stereocenters. The first kappa shape index (κ1) is 13.0. The summed E-state index contributed by atoms with van der Waals surface area (Å²) < 4.78 is 0. The van der Waals surface area contributed by atoms with E-state index in [2.05, 4.69) is 12.2 Å². The van der Waals surface area contributed by atoms with Crippen molar-refractivity contribution in [2.45, 2.75) is 40.0 Å². The number of carboxylic acids is 1. The lowest BCUT2D eigenvalue weighted by Gasteiger charge is -2.20. The lowest BCUT2D eigenvalue weighted by atomic mass is 9.92. The first-order valence-corrected chi connectivity index (χ1v) is 5.85. The van der Waals surface area contributed by atoms with Crippen LogP contribution in [-0.2, 0) is 9.59 Å². The lowest BCUT2D eigenvalue weighted by Crippen LogP contribution is -2.43. The molecule has 92 valence electrons. The largest absolute Gasteiger partial charge is 0.480 e. The van der Waals surface area contributed by atoms with Crippen molar-refractivity contribution in [3.05, 3.63) is 0 Å². The van der Waals surface area contributed by atoms with Crippen LogP contribution in [-0.4, -0.2) is 23.5 Å². The molecular weight excluding hydrogens is 206 g/mol. The molecule has 1 rings (SSSR count). The van der Waals surface area contributed by atoms with E-state index < -0.39 is 11.4 Å². The maximum absolute atomic E-state index is 11.7. The van der Waals surface area contributed by atoms with Gasteiger partial charge in [0.05, 0.1) is 0 Å². The zero-order valence-corrected chi connectivity index (χ0v) is 10.2. The Hall–Kier alpha value is -1.06. The first-order valence-electron chi connectivity index (χ1n) is 5.85. The van der Waals surface area contributed by atoms with Crippen LogP contribution in [0.25, 0.3) is 0 Å². The number of hydrogen-bond acceptors (Lipinski definition) is 2. The zero-order valence-electron chi connectivity index (χ0n) is 10.2. The molecule has 1 aliphatic carbocycles. The third kappa shape index (κ3) is 2.97. The summed E-state index contributed by atoms with van der Waals surface area (Å²) >= 11 is 0. The Morgan fingerprint density at radius 3 is 2.44 bits per heavy atom. The molecule has 0 heterocycles. The van der Waals surface area contributed by atoms with Gasteiger partial charge in [-0.05, 0) is 38.5 Å². The standard InChI is InChI=1S/C12H21NO3/c1-8-4-5-9(6-8)7-13-10(14)12(2,3)11(15)16/h8-9H,4-7H2,1-3H3,(H,13,14)(H,15,16). The van der Waals surface area contributed by atoms with E-state index in [9.17, 15) is 9.59 Å². The van der Waals surface area contributed by atoms with Crippen molar-refractivity contribution in [3.8, 4) is 0 Å². The van der Waals surface area contributed by atoms with Crippen LogP contribution in [0.1, 0.15) is 40.0 Å². The molecule has 4 heteroatoms. The number of carboxylic acid groups (broad SMARTS) is 1. The smallest absolute Gasteiger partial charge is 0.318 e. The van der Waals surface area contributed by atoms with Gasteiger partial charge in [0.15, 0.2) is 0 Å². The molecule has 1 aliphatic rings. The summed E-state index contributed by atoms with van der Waals surface area (Å²) in [5, 5.41) is 11.6. The molecule has 4 nitrogen and oxygen atoms in total. The number of amides is 1. The zero-order chi connectivity index (χ0) is 12.3. The highest BCUT2D eigenvalue weighted by atomic mass is 16.4. The summed E-state index contributed by atoms with van der Waals surface area (Å²) in [6.07, 6.45) is 3.48. The summed E-state index contributed by atoms with van der Waals surface area (Å²) in [6, 6.07) is 0. The quantitative estimate of drug-likeness (QED) is 0.718. The van der Waals surface area contributed by atoms with Gasteiger partial charge in [0.1, 0.15) is 5.41 Å². The highest BCUT2D eigenvalue weighted by Gasteiger charge is 2.36. The Kier molecular flexibility index (Phi) is 3.94. The third-order valence-corrected chi connectivity index (χ3v) is 3.46. The summed E-state index contributed by atoms with van der Waals surface area (Å²) in [4.78, 5) is 22.5. The van der Waals surface area contributed by atoms with Crippen LogP contribution in [0.5, 0.6) is 0 Å². The van der Waals surface area contributed by atoms with Crippen LogP contribution < -0.4 is 5.32 Å². The van der Waals surface area contributed by atoms with Crippen LogP contribution in [0.3, 0.4) is 0 Å². The van der Waals surface area contributed by atoms with Gasteiger partial charge < -0.3 is 10.4 Å². The Morgan fingerprint density at radius 2 is 2.00 bits per heavy atom. The second-order valence-corrected chi connectivity index (χ2v) is 5.42. The van der Waals surface area contributed by atoms with Gasteiger partial charge in [0, 0.05) is 6.54 Å². The van der Waals surface area contributed by atoms with E-state index >= 15 is 0 Å². The minimum absolute atomic E-state index is 0.389. The highest BCUT2D eigenvalue weighted by molar-refractivity contribution is 6.00.